The Morgan fingerprint density at radius 1 is 1.11 bits per heavy atom. The van der Waals surface area contributed by atoms with Crippen molar-refractivity contribution >= 4 is 22.6 Å². The SMILES string of the molecule is Cc1cc(F)cc(C(NN)c2ccc(I)cc2)c1. The van der Waals surface area contributed by atoms with Gasteiger partial charge < -0.3 is 0 Å². The first-order valence-corrected chi connectivity index (χ1v) is 6.66. The van der Waals surface area contributed by atoms with Crippen LogP contribution >= 0.6 is 22.6 Å². The predicted molar refractivity (Wildman–Crippen MR) is 79.5 cm³/mol. The van der Waals surface area contributed by atoms with Crippen LogP contribution in [-0.2, 0) is 0 Å². The molecule has 0 amide bonds. The van der Waals surface area contributed by atoms with E-state index in [2.05, 4.69) is 28.0 Å². The van der Waals surface area contributed by atoms with E-state index < -0.39 is 0 Å². The summed E-state index contributed by atoms with van der Waals surface area (Å²) >= 11 is 2.25. The lowest BCUT2D eigenvalue weighted by Gasteiger charge is -2.17. The van der Waals surface area contributed by atoms with Crippen molar-refractivity contribution in [1.82, 2.24) is 5.43 Å². The largest absolute Gasteiger partial charge is 0.271 e. The van der Waals surface area contributed by atoms with Gasteiger partial charge in [0.05, 0.1) is 6.04 Å². The third kappa shape index (κ3) is 3.07. The van der Waals surface area contributed by atoms with Gasteiger partial charge in [-0.2, -0.15) is 0 Å². The summed E-state index contributed by atoms with van der Waals surface area (Å²) in [7, 11) is 0. The maximum absolute atomic E-state index is 13.4. The van der Waals surface area contributed by atoms with Gasteiger partial charge in [0.15, 0.2) is 0 Å². The first-order valence-electron chi connectivity index (χ1n) is 5.59. The summed E-state index contributed by atoms with van der Waals surface area (Å²) in [5.74, 6) is 5.36. The van der Waals surface area contributed by atoms with Crippen molar-refractivity contribution in [3.63, 3.8) is 0 Å². The number of nitrogens with one attached hydrogen (secondary N) is 1. The van der Waals surface area contributed by atoms with Crippen molar-refractivity contribution in [2.45, 2.75) is 13.0 Å². The molecule has 0 aromatic heterocycles. The van der Waals surface area contributed by atoms with E-state index in [1.165, 1.54) is 12.1 Å². The van der Waals surface area contributed by atoms with Crippen molar-refractivity contribution in [2.24, 2.45) is 5.84 Å². The molecule has 0 bridgehead atoms. The summed E-state index contributed by atoms with van der Waals surface area (Å²) < 4.78 is 14.6. The lowest BCUT2D eigenvalue weighted by molar-refractivity contribution is 0.604. The Morgan fingerprint density at radius 2 is 1.78 bits per heavy atom. The molecule has 18 heavy (non-hydrogen) atoms. The van der Waals surface area contributed by atoms with Gasteiger partial charge in [0.1, 0.15) is 5.82 Å². The minimum atomic E-state index is -0.240. The molecular formula is C14H14FIN2. The van der Waals surface area contributed by atoms with Crippen LogP contribution in [0.25, 0.3) is 0 Å². The Labute approximate surface area is 120 Å². The summed E-state index contributed by atoms with van der Waals surface area (Å²) in [5.41, 5.74) is 5.47. The van der Waals surface area contributed by atoms with Crippen LogP contribution in [0.2, 0.25) is 0 Å². The molecule has 0 heterocycles. The first kappa shape index (κ1) is 13.5. The first-order chi connectivity index (χ1) is 8.60. The summed E-state index contributed by atoms with van der Waals surface area (Å²) in [6, 6.07) is 12.8. The molecule has 0 aliphatic rings. The van der Waals surface area contributed by atoms with Crippen molar-refractivity contribution in [3.05, 3.63) is 68.5 Å². The normalized spacial score (nSPS) is 12.4. The Morgan fingerprint density at radius 3 is 2.33 bits per heavy atom. The number of aryl methyl sites for hydroxylation is 1. The standard InChI is InChI=1S/C14H14FIN2/c1-9-6-11(8-12(15)7-9)14(18-17)10-2-4-13(16)5-3-10/h2-8,14,18H,17H2,1H3. The Kier molecular flexibility index (Phi) is 4.31. The number of nitrogens with two attached hydrogens (primary N) is 1. The van der Waals surface area contributed by atoms with Gasteiger partial charge in [0.2, 0.25) is 0 Å². The third-order valence-corrected chi connectivity index (χ3v) is 3.49. The van der Waals surface area contributed by atoms with E-state index in [1.54, 1.807) is 0 Å². The molecule has 1 atom stereocenters. The monoisotopic (exact) mass is 356 g/mol. The molecule has 0 spiro atoms. The topological polar surface area (TPSA) is 38.0 Å². The van der Waals surface area contributed by atoms with Crippen LogP contribution in [0.5, 0.6) is 0 Å². The molecule has 0 fully saturated rings. The molecule has 0 saturated carbocycles. The summed E-state index contributed by atoms with van der Waals surface area (Å²) in [4.78, 5) is 0. The quantitative estimate of drug-likeness (QED) is 0.503. The molecular weight excluding hydrogens is 342 g/mol. The van der Waals surface area contributed by atoms with E-state index in [0.29, 0.717) is 0 Å². The van der Waals surface area contributed by atoms with E-state index in [1.807, 2.05) is 37.3 Å². The highest BCUT2D eigenvalue weighted by Gasteiger charge is 2.13. The van der Waals surface area contributed by atoms with Crippen LogP contribution in [0.15, 0.2) is 42.5 Å². The van der Waals surface area contributed by atoms with Crippen molar-refractivity contribution in [1.29, 1.82) is 0 Å². The fourth-order valence-electron chi connectivity index (χ4n) is 1.97. The van der Waals surface area contributed by atoms with Crippen LogP contribution in [0.3, 0.4) is 0 Å². The molecule has 94 valence electrons. The van der Waals surface area contributed by atoms with E-state index in [0.717, 1.165) is 20.3 Å². The number of hydrogen-bond donors (Lipinski definition) is 2. The molecule has 2 rings (SSSR count). The van der Waals surface area contributed by atoms with Gasteiger partial charge in [-0.3, -0.25) is 5.84 Å². The lowest BCUT2D eigenvalue weighted by Crippen LogP contribution is -2.29. The molecule has 0 aliphatic heterocycles. The van der Waals surface area contributed by atoms with Crippen molar-refractivity contribution in [3.8, 4) is 0 Å². The number of hydrazine groups is 1. The van der Waals surface area contributed by atoms with Crippen LogP contribution in [0, 0.1) is 16.3 Å². The second-order valence-corrected chi connectivity index (χ2v) is 5.46. The van der Waals surface area contributed by atoms with Gasteiger partial charge in [0.25, 0.3) is 0 Å². The zero-order valence-corrected chi connectivity index (χ0v) is 12.1. The van der Waals surface area contributed by atoms with Crippen molar-refractivity contribution in [2.75, 3.05) is 0 Å². The maximum atomic E-state index is 13.4. The smallest absolute Gasteiger partial charge is 0.123 e. The van der Waals surface area contributed by atoms with Crippen molar-refractivity contribution < 1.29 is 4.39 Å². The van der Waals surface area contributed by atoms with E-state index in [4.69, 9.17) is 5.84 Å². The maximum Gasteiger partial charge on any atom is 0.123 e. The molecule has 3 N–H and O–H groups in total. The summed E-state index contributed by atoms with van der Waals surface area (Å²) in [6.45, 7) is 1.87. The van der Waals surface area contributed by atoms with E-state index in [9.17, 15) is 4.39 Å². The van der Waals surface area contributed by atoms with Crippen LogP contribution in [-0.4, -0.2) is 0 Å². The number of rotatable bonds is 3. The molecule has 0 radical (unpaired) electrons. The highest BCUT2D eigenvalue weighted by atomic mass is 127. The van der Waals surface area contributed by atoms with Gasteiger partial charge >= 0.3 is 0 Å². The molecule has 0 aliphatic carbocycles. The number of hydrogen-bond acceptors (Lipinski definition) is 2. The van der Waals surface area contributed by atoms with Gasteiger partial charge in [-0.15, -0.1) is 0 Å². The Bertz CT molecular complexity index is 520. The zero-order valence-electron chi connectivity index (χ0n) is 9.95. The Hall–Kier alpha value is -0.980. The van der Waals surface area contributed by atoms with Gasteiger partial charge in [-0.25, -0.2) is 9.82 Å². The van der Waals surface area contributed by atoms with Crippen LogP contribution < -0.4 is 11.3 Å². The number of halogens is 2. The minimum absolute atomic E-state index is 0.198. The fraction of sp³-hybridized carbons (Fsp3) is 0.143. The van der Waals surface area contributed by atoms with Crippen LogP contribution in [0.4, 0.5) is 4.39 Å². The van der Waals surface area contributed by atoms with E-state index >= 15 is 0 Å². The highest BCUT2D eigenvalue weighted by molar-refractivity contribution is 14.1. The van der Waals surface area contributed by atoms with E-state index in [-0.39, 0.29) is 11.9 Å². The molecule has 2 aromatic carbocycles. The van der Waals surface area contributed by atoms with Gasteiger partial charge in [0, 0.05) is 3.57 Å². The summed E-state index contributed by atoms with van der Waals surface area (Å²) in [6.07, 6.45) is 0. The molecule has 2 nitrogen and oxygen atoms in total. The highest BCUT2D eigenvalue weighted by Crippen LogP contribution is 2.23. The van der Waals surface area contributed by atoms with Gasteiger partial charge in [-0.05, 0) is 70.5 Å². The molecule has 1 unspecified atom stereocenters. The Balaban J connectivity index is 2.41. The average molecular weight is 356 g/mol. The lowest BCUT2D eigenvalue weighted by atomic mass is 9.98. The summed E-state index contributed by atoms with van der Waals surface area (Å²) in [5, 5.41) is 0. The minimum Gasteiger partial charge on any atom is -0.271 e. The molecule has 4 heteroatoms. The predicted octanol–water partition coefficient (Wildman–Crippen LogP) is 3.29. The fourth-order valence-corrected chi connectivity index (χ4v) is 2.33. The zero-order chi connectivity index (χ0) is 13.1. The second kappa shape index (κ2) is 5.77. The van der Waals surface area contributed by atoms with Crippen LogP contribution in [0.1, 0.15) is 22.7 Å². The average Bonchev–Trinajstić information content (AvgIpc) is 2.31. The third-order valence-electron chi connectivity index (χ3n) is 2.77. The van der Waals surface area contributed by atoms with Gasteiger partial charge in [-0.1, -0.05) is 18.2 Å². The molecule has 0 saturated heterocycles. The molecule has 2 aromatic rings. The second-order valence-electron chi connectivity index (χ2n) is 4.21. The number of benzene rings is 2.